The topological polar surface area (TPSA) is 13.1 Å². The Morgan fingerprint density at radius 1 is 1.70 bits per heavy atom. The highest BCUT2D eigenvalue weighted by Crippen LogP contribution is 2.24. The molecule has 0 spiro atoms. The predicted octanol–water partition coefficient (Wildman–Crippen LogP) is 3.05. The second-order valence-electron chi connectivity index (χ2n) is 2.32. The summed E-state index contributed by atoms with van der Waals surface area (Å²) in [6.07, 6.45) is 3.92. The van der Waals surface area contributed by atoms with Crippen LogP contribution in [0.2, 0.25) is 0 Å². The third-order valence-electron chi connectivity index (χ3n) is 1.43. The number of hydrogen-bond acceptors (Lipinski definition) is 2. The van der Waals surface area contributed by atoms with E-state index in [1.807, 2.05) is 12.1 Å². The van der Waals surface area contributed by atoms with E-state index in [0.717, 1.165) is 18.6 Å². The molecule has 0 saturated heterocycles. The van der Waals surface area contributed by atoms with Crippen molar-refractivity contribution in [3.63, 3.8) is 0 Å². The largest absolute Gasteiger partial charge is 0.468 e. The number of furan rings is 1. The van der Waals surface area contributed by atoms with Crippen LogP contribution >= 0.6 is 12.6 Å². The average molecular weight is 156 g/mol. The molecule has 1 aromatic heterocycles. The van der Waals surface area contributed by atoms with Crippen molar-refractivity contribution >= 4 is 12.6 Å². The minimum atomic E-state index is 0.278. The highest BCUT2D eigenvalue weighted by molar-refractivity contribution is 7.80. The van der Waals surface area contributed by atoms with Crippen LogP contribution in [-0.4, -0.2) is 0 Å². The molecular formula is C8H12OS. The summed E-state index contributed by atoms with van der Waals surface area (Å²) in [6, 6.07) is 3.86. The van der Waals surface area contributed by atoms with E-state index < -0.39 is 0 Å². The normalized spacial score (nSPS) is 13.4. The molecule has 10 heavy (non-hydrogen) atoms. The van der Waals surface area contributed by atoms with Crippen LogP contribution in [-0.2, 0) is 0 Å². The van der Waals surface area contributed by atoms with Gasteiger partial charge in [-0.3, -0.25) is 0 Å². The first kappa shape index (κ1) is 7.73. The van der Waals surface area contributed by atoms with Crippen molar-refractivity contribution in [1.82, 2.24) is 0 Å². The summed E-state index contributed by atoms with van der Waals surface area (Å²) in [5.41, 5.74) is 0. The van der Waals surface area contributed by atoms with Crippen LogP contribution < -0.4 is 0 Å². The van der Waals surface area contributed by atoms with Crippen LogP contribution in [0.25, 0.3) is 0 Å². The molecule has 1 atom stereocenters. The molecule has 0 radical (unpaired) electrons. The van der Waals surface area contributed by atoms with Gasteiger partial charge >= 0.3 is 0 Å². The zero-order chi connectivity index (χ0) is 7.40. The van der Waals surface area contributed by atoms with Gasteiger partial charge in [-0.25, -0.2) is 0 Å². The van der Waals surface area contributed by atoms with Gasteiger partial charge in [0.25, 0.3) is 0 Å². The quantitative estimate of drug-likeness (QED) is 0.664. The molecule has 0 N–H and O–H groups in total. The van der Waals surface area contributed by atoms with E-state index in [-0.39, 0.29) is 5.25 Å². The summed E-state index contributed by atoms with van der Waals surface area (Å²) in [5.74, 6) is 0.977. The fourth-order valence-corrected chi connectivity index (χ4v) is 1.30. The van der Waals surface area contributed by atoms with Gasteiger partial charge in [0.1, 0.15) is 5.76 Å². The van der Waals surface area contributed by atoms with Crippen LogP contribution in [0.1, 0.15) is 30.8 Å². The molecule has 0 aliphatic rings. The zero-order valence-electron chi connectivity index (χ0n) is 6.08. The molecule has 0 saturated carbocycles. The highest BCUT2D eigenvalue weighted by Gasteiger charge is 2.06. The van der Waals surface area contributed by atoms with Crippen molar-refractivity contribution < 1.29 is 4.42 Å². The highest BCUT2D eigenvalue weighted by atomic mass is 32.1. The SMILES string of the molecule is CCCC(S)c1ccco1. The summed E-state index contributed by atoms with van der Waals surface area (Å²) < 4.78 is 5.17. The van der Waals surface area contributed by atoms with Gasteiger partial charge < -0.3 is 4.42 Å². The minimum absolute atomic E-state index is 0.278. The van der Waals surface area contributed by atoms with Crippen molar-refractivity contribution in [1.29, 1.82) is 0 Å². The van der Waals surface area contributed by atoms with Crippen LogP contribution in [0, 0.1) is 0 Å². The van der Waals surface area contributed by atoms with Gasteiger partial charge in [-0.05, 0) is 18.6 Å². The predicted molar refractivity (Wildman–Crippen MR) is 45.3 cm³/mol. The lowest BCUT2D eigenvalue weighted by Gasteiger charge is -2.03. The summed E-state index contributed by atoms with van der Waals surface area (Å²) >= 11 is 4.37. The second-order valence-corrected chi connectivity index (χ2v) is 2.94. The standard InChI is InChI=1S/C8H12OS/c1-2-4-8(10)7-5-3-6-9-7/h3,5-6,8,10H,2,4H2,1H3. The average Bonchev–Trinajstić information content (AvgIpc) is 2.38. The maximum Gasteiger partial charge on any atom is 0.116 e. The fourth-order valence-electron chi connectivity index (χ4n) is 0.897. The summed E-state index contributed by atoms with van der Waals surface area (Å²) in [6.45, 7) is 2.14. The van der Waals surface area contributed by atoms with Crippen molar-refractivity contribution in [3.05, 3.63) is 24.2 Å². The molecule has 1 rings (SSSR count). The third kappa shape index (κ3) is 1.81. The summed E-state index contributed by atoms with van der Waals surface area (Å²) in [7, 11) is 0. The van der Waals surface area contributed by atoms with Crippen LogP contribution in [0.5, 0.6) is 0 Å². The van der Waals surface area contributed by atoms with Gasteiger partial charge in [0.15, 0.2) is 0 Å². The first-order valence-electron chi connectivity index (χ1n) is 3.56. The van der Waals surface area contributed by atoms with Crippen LogP contribution in [0.15, 0.2) is 22.8 Å². The lowest BCUT2D eigenvalue weighted by molar-refractivity contribution is 0.497. The molecule has 0 aromatic carbocycles. The lowest BCUT2D eigenvalue weighted by atomic mass is 10.2. The molecule has 0 aliphatic carbocycles. The Kier molecular flexibility index (Phi) is 2.87. The number of thiol groups is 1. The Hall–Kier alpha value is -0.370. The van der Waals surface area contributed by atoms with Crippen LogP contribution in [0.4, 0.5) is 0 Å². The van der Waals surface area contributed by atoms with Gasteiger partial charge in [-0.1, -0.05) is 13.3 Å². The van der Waals surface area contributed by atoms with Crippen molar-refractivity contribution in [3.8, 4) is 0 Å². The molecule has 1 unspecified atom stereocenters. The molecule has 2 heteroatoms. The minimum Gasteiger partial charge on any atom is -0.468 e. The van der Waals surface area contributed by atoms with Crippen molar-refractivity contribution in [2.75, 3.05) is 0 Å². The van der Waals surface area contributed by atoms with Gasteiger partial charge in [-0.2, -0.15) is 12.6 Å². The van der Waals surface area contributed by atoms with E-state index in [1.165, 1.54) is 0 Å². The smallest absolute Gasteiger partial charge is 0.116 e. The monoisotopic (exact) mass is 156 g/mol. The second kappa shape index (κ2) is 3.71. The van der Waals surface area contributed by atoms with Gasteiger partial charge in [0, 0.05) is 0 Å². The first-order valence-corrected chi connectivity index (χ1v) is 4.07. The Morgan fingerprint density at radius 2 is 2.50 bits per heavy atom. The molecule has 0 aliphatic heterocycles. The maximum atomic E-state index is 5.17. The molecule has 0 fully saturated rings. The zero-order valence-corrected chi connectivity index (χ0v) is 6.97. The van der Waals surface area contributed by atoms with Crippen molar-refractivity contribution in [2.24, 2.45) is 0 Å². The molecule has 1 aromatic rings. The van der Waals surface area contributed by atoms with E-state index in [2.05, 4.69) is 19.6 Å². The lowest BCUT2D eigenvalue weighted by Crippen LogP contribution is -1.85. The molecular weight excluding hydrogens is 144 g/mol. The van der Waals surface area contributed by atoms with Gasteiger partial charge in [0.05, 0.1) is 11.5 Å². The van der Waals surface area contributed by atoms with Crippen LogP contribution in [0.3, 0.4) is 0 Å². The maximum absolute atomic E-state index is 5.17. The van der Waals surface area contributed by atoms with E-state index in [0.29, 0.717) is 0 Å². The van der Waals surface area contributed by atoms with Gasteiger partial charge in [0.2, 0.25) is 0 Å². The van der Waals surface area contributed by atoms with Crippen molar-refractivity contribution in [2.45, 2.75) is 25.0 Å². The Bertz CT molecular complexity index is 169. The summed E-state index contributed by atoms with van der Waals surface area (Å²) in [5, 5.41) is 0.278. The van der Waals surface area contributed by atoms with E-state index in [9.17, 15) is 0 Å². The third-order valence-corrected chi connectivity index (χ3v) is 1.95. The Morgan fingerprint density at radius 3 is 3.00 bits per heavy atom. The Labute approximate surface area is 66.8 Å². The van der Waals surface area contributed by atoms with E-state index in [1.54, 1.807) is 6.26 Å². The molecule has 56 valence electrons. The van der Waals surface area contributed by atoms with Gasteiger partial charge in [-0.15, -0.1) is 0 Å². The number of hydrogen-bond donors (Lipinski definition) is 1. The first-order chi connectivity index (χ1) is 4.84. The number of rotatable bonds is 3. The molecule has 0 amide bonds. The molecule has 1 heterocycles. The molecule has 0 bridgehead atoms. The van der Waals surface area contributed by atoms with E-state index >= 15 is 0 Å². The van der Waals surface area contributed by atoms with E-state index in [4.69, 9.17) is 4.42 Å². The fraction of sp³-hybridized carbons (Fsp3) is 0.500. The summed E-state index contributed by atoms with van der Waals surface area (Å²) in [4.78, 5) is 0. The Balaban J connectivity index is 2.50. The molecule has 1 nitrogen and oxygen atoms in total.